The van der Waals surface area contributed by atoms with Gasteiger partial charge in [-0.15, -0.1) is 0 Å². The number of para-hydroxylation sites is 9. The Morgan fingerprint density at radius 1 is 0.212 bits per heavy atom. The monoisotopic (exact) mass is 1260 g/mol. The SMILES string of the molecule is c1ccc(-c2cc(-n3c4ccccc4c4cc5c(cc43)c3nc4ccccc4n3c3c(-c4ccccc4-c4ccc(-n6c7ccccc7c7cc(-n8c9ccccc9c9cc%10c%11ccccc%11n%11c%12ccccc%12nc%11c%10cc98)ccc76)cc4)cccc53)nc(-c3ccccc3)n2)cc1. The summed E-state index contributed by atoms with van der Waals surface area (Å²) in [6, 6.07) is 116. The van der Waals surface area contributed by atoms with Crippen molar-refractivity contribution < 1.29 is 0 Å². The number of pyridine rings is 2. The molecule has 22 rings (SSSR count). The molecule has 99 heavy (non-hydrogen) atoms. The predicted molar refractivity (Wildman–Crippen MR) is 409 cm³/mol. The average molecular weight is 1260 g/mol. The third-order valence-corrected chi connectivity index (χ3v) is 20.8. The van der Waals surface area contributed by atoms with Gasteiger partial charge in [0.2, 0.25) is 0 Å². The summed E-state index contributed by atoms with van der Waals surface area (Å²) in [6.07, 6.45) is 0. The minimum Gasteiger partial charge on any atom is -0.309 e. The summed E-state index contributed by atoms with van der Waals surface area (Å²) in [5, 5.41) is 13.9. The van der Waals surface area contributed by atoms with E-state index < -0.39 is 0 Å². The Morgan fingerprint density at radius 2 is 0.667 bits per heavy atom. The molecule has 458 valence electrons. The van der Waals surface area contributed by atoms with E-state index in [0.29, 0.717) is 5.82 Å². The number of hydrogen-bond donors (Lipinski definition) is 0. The molecule has 0 fully saturated rings. The maximum Gasteiger partial charge on any atom is 0.162 e. The fourth-order valence-corrected chi connectivity index (χ4v) is 16.5. The smallest absolute Gasteiger partial charge is 0.162 e. The second kappa shape index (κ2) is 20.5. The highest BCUT2D eigenvalue weighted by Gasteiger charge is 2.25. The van der Waals surface area contributed by atoms with Gasteiger partial charge in [0.25, 0.3) is 0 Å². The number of imidazole rings is 2. The molecule has 0 radical (unpaired) electrons. The van der Waals surface area contributed by atoms with Crippen LogP contribution in [0.5, 0.6) is 0 Å². The van der Waals surface area contributed by atoms with Gasteiger partial charge in [-0.3, -0.25) is 13.4 Å². The van der Waals surface area contributed by atoms with E-state index in [-0.39, 0.29) is 0 Å². The van der Waals surface area contributed by atoms with E-state index in [0.717, 1.165) is 166 Å². The van der Waals surface area contributed by atoms with Crippen LogP contribution in [-0.2, 0) is 0 Å². The first-order chi connectivity index (χ1) is 49.1. The van der Waals surface area contributed by atoms with Crippen LogP contribution in [0.3, 0.4) is 0 Å². The Morgan fingerprint density at radius 3 is 1.32 bits per heavy atom. The van der Waals surface area contributed by atoms with Gasteiger partial charge in [0.05, 0.1) is 71.9 Å². The molecule has 0 amide bonds. The van der Waals surface area contributed by atoms with Gasteiger partial charge in [-0.05, 0) is 131 Å². The number of nitrogens with zero attached hydrogens (tertiary/aromatic N) is 9. The van der Waals surface area contributed by atoms with Crippen LogP contribution in [0.2, 0.25) is 0 Å². The van der Waals surface area contributed by atoms with E-state index in [4.69, 9.17) is 19.9 Å². The maximum absolute atomic E-state index is 5.55. The third-order valence-electron chi connectivity index (χ3n) is 20.8. The third kappa shape index (κ3) is 7.75. The highest BCUT2D eigenvalue weighted by atomic mass is 15.1. The first-order valence-corrected chi connectivity index (χ1v) is 33.7. The summed E-state index contributed by atoms with van der Waals surface area (Å²) in [5.41, 5.74) is 24.4. The topological polar surface area (TPSA) is 75.2 Å². The summed E-state index contributed by atoms with van der Waals surface area (Å²) in [7, 11) is 0. The van der Waals surface area contributed by atoms with Crippen LogP contribution in [-0.4, -0.2) is 42.4 Å². The van der Waals surface area contributed by atoms with Crippen molar-refractivity contribution in [3.63, 3.8) is 0 Å². The summed E-state index contributed by atoms with van der Waals surface area (Å²) in [6.45, 7) is 0. The molecular weight excluding hydrogens is 1210 g/mol. The van der Waals surface area contributed by atoms with E-state index in [1.54, 1.807) is 0 Å². The number of aromatic nitrogens is 9. The molecule has 0 aliphatic heterocycles. The Balaban J connectivity index is 0.694. The summed E-state index contributed by atoms with van der Waals surface area (Å²) in [5.74, 6) is 1.46. The molecule has 0 atom stereocenters. The Bertz CT molecular complexity index is 7150. The molecule has 8 heterocycles. The second-order valence-electron chi connectivity index (χ2n) is 26.1. The molecule has 8 aromatic heterocycles. The molecule has 0 aliphatic carbocycles. The van der Waals surface area contributed by atoms with E-state index >= 15 is 0 Å². The minimum absolute atomic E-state index is 0.667. The molecule has 14 aromatic carbocycles. The van der Waals surface area contributed by atoms with E-state index in [2.05, 4.69) is 320 Å². The normalized spacial score (nSPS) is 12.2. The second-order valence-corrected chi connectivity index (χ2v) is 26.1. The van der Waals surface area contributed by atoms with Crippen molar-refractivity contribution in [3.8, 4) is 62.1 Å². The lowest BCUT2D eigenvalue weighted by Gasteiger charge is -2.17. The Hall–Kier alpha value is -13.5. The molecular formula is C90H53N9. The van der Waals surface area contributed by atoms with Crippen LogP contribution in [0, 0.1) is 0 Å². The molecule has 22 aromatic rings. The summed E-state index contributed by atoms with van der Waals surface area (Å²) in [4.78, 5) is 21.5. The number of hydrogen-bond acceptors (Lipinski definition) is 4. The lowest BCUT2D eigenvalue weighted by molar-refractivity contribution is 1.05. The van der Waals surface area contributed by atoms with Gasteiger partial charge in [-0.25, -0.2) is 19.9 Å². The first-order valence-electron chi connectivity index (χ1n) is 33.7. The molecule has 0 aliphatic rings. The van der Waals surface area contributed by atoms with Crippen molar-refractivity contribution in [2.24, 2.45) is 0 Å². The van der Waals surface area contributed by atoms with E-state index in [9.17, 15) is 0 Å². The fraction of sp³-hybridized carbons (Fsp3) is 0. The first kappa shape index (κ1) is 53.8. The molecule has 0 bridgehead atoms. The quantitative estimate of drug-likeness (QED) is 0.149. The van der Waals surface area contributed by atoms with Crippen LogP contribution in [0.4, 0.5) is 0 Å². The lowest BCUT2D eigenvalue weighted by Crippen LogP contribution is -2.02. The highest BCUT2D eigenvalue weighted by Crippen LogP contribution is 2.46. The Labute approximate surface area is 564 Å². The molecule has 9 heteroatoms. The minimum atomic E-state index is 0.667. The average Bonchev–Trinajstić information content (AvgIpc) is 1.61. The lowest BCUT2D eigenvalue weighted by atomic mass is 9.91. The van der Waals surface area contributed by atoms with Gasteiger partial charge < -0.3 is 9.13 Å². The van der Waals surface area contributed by atoms with Crippen LogP contribution < -0.4 is 0 Å². The van der Waals surface area contributed by atoms with Crippen LogP contribution >= 0.6 is 0 Å². The maximum atomic E-state index is 5.55. The van der Waals surface area contributed by atoms with Crippen molar-refractivity contribution in [3.05, 3.63) is 322 Å². The fourth-order valence-electron chi connectivity index (χ4n) is 16.5. The zero-order valence-electron chi connectivity index (χ0n) is 53.1. The molecule has 0 unspecified atom stereocenters. The largest absolute Gasteiger partial charge is 0.309 e. The van der Waals surface area contributed by atoms with Crippen molar-refractivity contribution in [2.45, 2.75) is 0 Å². The van der Waals surface area contributed by atoms with Crippen molar-refractivity contribution in [1.82, 2.24) is 42.4 Å². The van der Waals surface area contributed by atoms with Gasteiger partial charge >= 0.3 is 0 Å². The van der Waals surface area contributed by atoms with Gasteiger partial charge in [-0.1, -0.05) is 212 Å². The van der Waals surface area contributed by atoms with E-state index in [1.165, 1.54) is 32.3 Å². The van der Waals surface area contributed by atoms with Crippen molar-refractivity contribution >= 4 is 142 Å². The molecule has 0 spiro atoms. The molecule has 9 nitrogen and oxygen atoms in total. The van der Waals surface area contributed by atoms with Crippen LogP contribution in [0.15, 0.2) is 322 Å². The highest BCUT2D eigenvalue weighted by molar-refractivity contribution is 6.25. The van der Waals surface area contributed by atoms with Gasteiger partial charge in [0.1, 0.15) is 17.1 Å². The zero-order chi connectivity index (χ0) is 64.6. The van der Waals surface area contributed by atoms with E-state index in [1.807, 2.05) is 24.3 Å². The predicted octanol–water partition coefficient (Wildman–Crippen LogP) is 22.7. The van der Waals surface area contributed by atoms with Gasteiger partial charge in [-0.2, -0.15) is 0 Å². The summed E-state index contributed by atoms with van der Waals surface area (Å²) < 4.78 is 12.0. The molecule has 0 N–H and O–H groups in total. The van der Waals surface area contributed by atoms with Crippen LogP contribution in [0.25, 0.3) is 204 Å². The Kier molecular flexibility index (Phi) is 11.1. The number of rotatable bonds is 7. The van der Waals surface area contributed by atoms with Crippen molar-refractivity contribution in [1.29, 1.82) is 0 Å². The molecule has 0 saturated heterocycles. The van der Waals surface area contributed by atoms with Crippen LogP contribution in [0.1, 0.15) is 0 Å². The molecule has 0 saturated carbocycles. The zero-order valence-corrected chi connectivity index (χ0v) is 53.1. The van der Waals surface area contributed by atoms with Crippen molar-refractivity contribution in [2.75, 3.05) is 0 Å². The summed E-state index contributed by atoms with van der Waals surface area (Å²) >= 11 is 0. The standard InChI is InChI=1S/C90H53N9/c1-3-22-55(23-4-1)76-53-86(94-88(91-76)56-24-5-2-6-25-56)97-79-38-17-12-31-64(79)71-50-68-66-33-21-32-65(87(66)99-83-41-20-14-35-75(83)93-90(99)73(68)52-85(71)97)60-27-8-7-26-59(60)54-42-44-57(45-43-54)95-77-36-15-10-29-62(77)69-48-58(46-47-81(69)95)96-78-37-16-11-30-63(78)70-49-67-61-28-9-18-39-80(61)98-82-40-19-13-34-74(82)92-89(98)72(67)51-84(70)96/h1-53H. The van der Waals surface area contributed by atoms with Gasteiger partial charge in [0.15, 0.2) is 5.82 Å². The number of benzene rings is 14. The van der Waals surface area contributed by atoms with Gasteiger partial charge in [0, 0.05) is 88.0 Å². The number of fused-ring (bicyclic) bond motifs is 25.